The third-order valence-corrected chi connectivity index (χ3v) is 12.3. The molecule has 0 unspecified atom stereocenters. The van der Waals surface area contributed by atoms with Gasteiger partial charge in [-0.25, -0.2) is 12.7 Å². The minimum Gasteiger partial charge on any atom is -0.378 e. The zero-order chi connectivity index (χ0) is 35.2. The van der Waals surface area contributed by atoms with Gasteiger partial charge < -0.3 is 4.90 Å². The lowest BCUT2D eigenvalue weighted by molar-refractivity contribution is 0.449. The molecule has 1 aromatic rings. The summed E-state index contributed by atoms with van der Waals surface area (Å²) in [6, 6.07) is 6.72. The van der Waals surface area contributed by atoms with Gasteiger partial charge >= 0.3 is 0 Å². The zero-order valence-electron chi connectivity index (χ0n) is 32.2. The van der Waals surface area contributed by atoms with Crippen molar-refractivity contribution in [3.63, 3.8) is 0 Å². The Hall–Kier alpha value is -2.11. The van der Waals surface area contributed by atoms with Gasteiger partial charge in [-0.2, -0.15) is 0 Å². The molecular formula is C43H70N2O2S. The van der Waals surface area contributed by atoms with E-state index in [1.165, 1.54) is 118 Å². The maximum Gasteiger partial charge on any atom is 0.218 e. The molecule has 0 atom stereocenters. The van der Waals surface area contributed by atoms with Crippen LogP contribution in [-0.2, 0) is 15.4 Å². The minimum atomic E-state index is -3.41. The normalized spacial score (nSPS) is 16.0. The Kier molecular flexibility index (Phi) is 16.7. The number of fused-ring (bicyclic) bond motifs is 2. The Bertz CT molecular complexity index is 1380. The maximum absolute atomic E-state index is 13.6. The highest BCUT2D eigenvalue weighted by Crippen LogP contribution is 2.47. The van der Waals surface area contributed by atoms with Gasteiger partial charge in [-0.15, -0.1) is 0 Å². The monoisotopic (exact) mass is 679 g/mol. The molecule has 0 aromatic heterocycles. The van der Waals surface area contributed by atoms with E-state index in [2.05, 4.69) is 96.1 Å². The Balaban J connectivity index is 1.46. The Labute approximate surface area is 296 Å². The van der Waals surface area contributed by atoms with Crippen LogP contribution < -0.4 is 4.90 Å². The molecule has 0 spiro atoms. The van der Waals surface area contributed by atoms with E-state index in [0.29, 0.717) is 6.54 Å². The molecule has 0 bridgehead atoms. The van der Waals surface area contributed by atoms with Crippen LogP contribution in [0.1, 0.15) is 155 Å². The second kappa shape index (κ2) is 19.9. The van der Waals surface area contributed by atoms with E-state index in [0.717, 1.165) is 30.4 Å². The van der Waals surface area contributed by atoms with Crippen LogP contribution >= 0.6 is 0 Å². The van der Waals surface area contributed by atoms with Crippen molar-refractivity contribution in [2.24, 2.45) is 5.92 Å². The quantitative estimate of drug-likeness (QED) is 0.108. The molecule has 2 aliphatic rings. The standard InChI is InChI=1S/C43H70N2O2S/c1-9-10-11-12-13-14-15-16-17-18-19-20-21-22-23-24-29-45(8)48(46,47)34-39(30-35(2)3)36-26-28-41-38(31-36)32-37-25-27-40(44(6)7)33-42(37)43(41,4)5/h25,27-28,30-33,35H,9-24,26,29,34H2,1-8H3/b39-30-. The number of rotatable bonds is 23. The molecule has 0 amide bonds. The van der Waals surface area contributed by atoms with Gasteiger partial charge in [0.05, 0.1) is 5.75 Å². The Morgan fingerprint density at radius 1 is 0.812 bits per heavy atom. The molecule has 270 valence electrons. The topological polar surface area (TPSA) is 40.6 Å². The fourth-order valence-electron chi connectivity index (χ4n) is 7.39. The number of unbranched alkanes of at least 4 members (excludes halogenated alkanes) is 15. The molecule has 0 saturated carbocycles. The second-order valence-electron chi connectivity index (χ2n) is 15.7. The predicted octanol–water partition coefficient (Wildman–Crippen LogP) is 11.8. The number of benzene rings is 1. The van der Waals surface area contributed by atoms with Gasteiger partial charge in [0.2, 0.25) is 10.0 Å². The van der Waals surface area contributed by atoms with Crippen LogP contribution in [-0.4, -0.2) is 46.2 Å². The largest absolute Gasteiger partial charge is 0.378 e. The van der Waals surface area contributed by atoms with Gasteiger partial charge in [0, 0.05) is 38.8 Å². The first-order valence-electron chi connectivity index (χ1n) is 19.5. The van der Waals surface area contributed by atoms with Gasteiger partial charge in [0.1, 0.15) is 0 Å². The number of hydrogen-bond donors (Lipinski definition) is 0. The average Bonchev–Trinajstić information content (AvgIpc) is 3.03. The molecule has 1 aromatic carbocycles. The highest BCUT2D eigenvalue weighted by Gasteiger charge is 2.35. The summed E-state index contributed by atoms with van der Waals surface area (Å²) in [7, 11) is 2.53. The van der Waals surface area contributed by atoms with Crippen molar-refractivity contribution < 1.29 is 8.42 Å². The Morgan fingerprint density at radius 2 is 1.35 bits per heavy atom. The van der Waals surface area contributed by atoms with Crippen LogP contribution in [0.5, 0.6) is 0 Å². The van der Waals surface area contributed by atoms with E-state index in [4.69, 9.17) is 0 Å². The summed E-state index contributed by atoms with van der Waals surface area (Å²) < 4.78 is 28.8. The number of anilines is 1. The van der Waals surface area contributed by atoms with Crippen molar-refractivity contribution in [1.29, 1.82) is 0 Å². The summed E-state index contributed by atoms with van der Waals surface area (Å²) in [5.74, 6) is 0.337. The van der Waals surface area contributed by atoms with Crippen LogP contribution in [0.4, 0.5) is 5.69 Å². The first kappa shape index (κ1) is 40.3. The van der Waals surface area contributed by atoms with Crippen LogP contribution in [0.25, 0.3) is 6.08 Å². The van der Waals surface area contributed by atoms with Crippen molar-refractivity contribution in [2.45, 2.75) is 149 Å². The maximum atomic E-state index is 13.6. The summed E-state index contributed by atoms with van der Waals surface area (Å²) in [5.41, 5.74) is 8.31. The molecule has 48 heavy (non-hydrogen) atoms. The Morgan fingerprint density at radius 3 is 1.88 bits per heavy atom. The number of nitrogens with zero attached hydrogens (tertiary/aromatic N) is 2. The van der Waals surface area contributed by atoms with E-state index < -0.39 is 10.0 Å². The van der Waals surface area contributed by atoms with Crippen LogP contribution in [0.15, 0.2) is 58.7 Å². The van der Waals surface area contributed by atoms with E-state index in [1.54, 1.807) is 11.4 Å². The third kappa shape index (κ3) is 12.3. The van der Waals surface area contributed by atoms with E-state index in [-0.39, 0.29) is 17.1 Å². The van der Waals surface area contributed by atoms with Gasteiger partial charge in [-0.05, 0) is 70.4 Å². The second-order valence-corrected chi connectivity index (χ2v) is 17.8. The van der Waals surface area contributed by atoms with Gasteiger partial charge in [0.25, 0.3) is 0 Å². The summed E-state index contributed by atoms with van der Waals surface area (Å²) in [6.45, 7) is 11.8. The van der Waals surface area contributed by atoms with Gasteiger partial charge in [-0.1, -0.05) is 155 Å². The molecule has 0 heterocycles. The summed E-state index contributed by atoms with van der Waals surface area (Å²) >= 11 is 0. The first-order chi connectivity index (χ1) is 22.9. The lowest BCUT2D eigenvalue weighted by Gasteiger charge is -2.38. The first-order valence-corrected chi connectivity index (χ1v) is 21.1. The van der Waals surface area contributed by atoms with Gasteiger partial charge in [0.15, 0.2) is 0 Å². The molecule has 2 aliphatic carbocycles. The van der Waals surface area contributed by atoms with Crippen LogP contribution in [0, 0.1) is 5.92 Å². The van der Waals surface area contributed by atoms with Crippen molar-refractivity contribution in [2.75, 3.05) is 38.3 Å². The van der Waals surface area contributed by atoms with Crippen LogP contribution in [0.3, 0.4) is 0 Å². The van der Waals surface area contributed by atoms with Gasteiger partial charge in [-0.3, -0.25) is 0 Å². The van der Waals surface area contributed by atoms with E-state index in [1.807, 2.05) is 0 Å². The molecule has 4 nitrogen and oxygen atoms in total. The number of allylic oxidation sites excluding steroid dienone is 6. The van der Waals surface area contributed by atoms with Crippen LogP contribution in [0.2, 0.25) is 0 Å². The molecular weight excluding hydrogens is 609 g/mol. The SMILES string of the molecule is CCCCCCCCCCCCCCCCCCN(C)S(=O)(=O)C/C(=C/C(C)C)C1=CC2=Cc3ccc(N(C)C)cc3C(C)(C)C2=CC1. The summed E-state index contributed by atoms with van der Waals surface area (Å²) in [5, 5.41) is 0. The lowest BCUT2D eigenvalue weighted by atomic mass is 9.67. The summed E-state index contributed by atoms with van der Waals surface area (Å²) in [4.78, 5) is 2.16. The molecule has 0 fully saturated rings. The molecule has 5 heteroatoms. The third-order valence-electron chi connectivity index (χ3n) is 10.5. The lowest BCUT2D eigenvalue weighted by Crippen LogP contribution is -2.31. The summed E-state index contributed by atoms with van der Waals surface area (Å²) in [6.07, 6.45) is 31.0. The fraction of sp³-hybridized carbons (Fsp3) is 0.674. The van der Waals surface area contributed by atoms with E-state index >= 15 is 0 Å². The van der Waals surface area contributed by atoms with E-state index in [9.17, 15) is 8.42 Å². The average molecular weight is 679 g/mol. The van der Waals surface area contributed by atoms with Crippen molar-refractivity contribution in [3.8, 4) is 0 Å². The molecule has 0 aliphatic heterocycles. The predicted molar refractivity (Wildman–Crippen MR) is 211 cm³/mol. The number of sulfonamides is 1. The molecule has 0 radical (unpaired) electrons. The molecule has 3 rings (SSSR count). The van der Waals surface area contributed by atoms with Crippen molar-refractivity contribution >= 4 is 21.8 Å². The zero-order valence-corrected chi connectivity index (χ0v) is 33.0. The number of hydrogen-bond acceptors (Lipinski definition) is 3. The highest BCUT2D eigenvalue weighted by molar-refractivity contribution is 7.89. The molecule has 0 saturated heterocycles. The fourth-order valence-corrected chi connectivity index (χ4v) is 8.70. The minimum absolute atomic E-state index is 0.0645. The highest BCUT2D eigenvalue weighted by atomic mass is 32.2. The van der Waals surface area contributed by atoms with Crippen molar-refractivity contribution in [1.82, 2.24) is 4.31 Å². The molecule has 0 N–H and O–H groups in total. The smallest absolute Gasteiger partial charge is 0.218 e. The van der Waals surface area contributed by atoms with Crippen molar-refractivity contribution in [3.05, 3.63) is 69.8 Å².